The van der Waals surface area contributed by atoms with E-state index in [-0.39, 0.29) is 6.04 Å². The molecule has 0 spiro atoms. The lowest BCUT2D eigenvalue weighted by Gasteiger charge is -2.20. The van der Waals surface area contributed by atoms with Gasteiger partial charge in [0.2, 0.25) is 0 Å². The van der Waals surface area contributed by atoms with Crippen molar-refractivity contribution in [3.63, 3.8) is 0 Å². The first-order valence-electron chi connectivity index (χ1n) is 6.05. The van der Waals surface area contributed by atoms with Crippen molar-refractivity contribution in [2.24, 2.45) is 5.84 Å². The normalized spacial score (nSPS) is 12.2. The number of hydrazine groups is 1. The molecule has 1 aromatic carbocycles. The molecule has 100 valence electrons. The van der Waals surface area contributed by atoms with E-state index in [1.807, 2.05) is 19.9 Å². The first-order chi connectivity index (χ1) is 9.17. The molecule has 1 unspecified atom stereocenters. The third-order valence-corrected chi connectivity index (χ3v) is 3.01. The quantitative estimate of drug-likeness (QED) is 0.644. The summed E-state index contributed by atoms with van der Waals surface area (Å²) in [4.78, 5) is 8.51. The Balaban J connectivity index is 2.55. The minimum absolute atomic E-state index is 0.295. The fourth-order valence-corrected chi connectivity index (χ4v) is 2.23. The molecule has 2 aromatic rings. The molecule has 0 saturated carbocycles. The summed E-state index contributed by atoms with van der Waals surface area (Å²) in [6.45, 7) is 4.06. The standard InChI is InChI=1S/C14H18N4O/c1-9-7-10(2)12(11(8-9)19-3)13(18-15)14-16-5-4-6-17-14/h4-8,13,18H,15H2,1-3H3. The lowest BCUT2D eigenvalue weighted by atomic mass is 9.97. The molecule has 1 heterocycles. The topological polar surface area (TPSA) is 73.1 Å². The van der Waals surface area contributed by atoms with E-state index in [0.29, 0.717) is 5.82 Å². The van der Waals surface area contributed by atoms with E-state index in [4.69, 9.17) is 10.6 Å². The van der Waals surface area contributed by atoms with Gasteiger partial charge in [-0.25, -0.2) is 15.4 Å². The molecule has 1 aromatic heterocycles. The summed E-state index contributed by atoms with van der Waals surface area (Å²) in [5, 5.41) is 0. The highest BCUT2D eigenvalue weighted by atomic mass is 16.5. The molecular formula is C14H18N4O. The molecule has 0 fully saturated rings. The molecule has 2 rings (SSSR count). The maximum atomic E-state index is 5.68. The summed E-state index contributed by atoms with van der Waals surface area (Å²) in [6.07, 6.45) is 3.39. The average Bonchev–Trinajstić information content (AvgIpc) is 2.42. The third-order valence-electron chi connectivity index (χ3n) is 3.01. The number of rotatable bonds is 4. The van der Waals surface area contributed by atoms with Crippen molar-refractivity contribution in [2.45, 2.75) is 19.9 Å². The smallest absolute Gasteiger partial charge is 0.151 e. The Morgan fingerprint density at radius 2 is 1.89 bits per heavy atom. The lowest BCUT2D eigenvalue weighted by Crippen LogP contribution is -2.31. The Hall–Kier alpha value is -1.98. The summed E-state index contributed by atoms with van der Waals surface area (Å²) >= 11 is 0. The number of hydrogen-bond acceptors (Lipinski definition) is 5. The van der Waals surface area contributed by atoms with Crippen LogP contribution in [0.5, 0.6) is 5.75 Å². The lowest BCUT2D eigenvalue weighted by molar-refractivity contribution is 0.402. The number of aryl methyl sites for hydroxylation is 2. The van der Waals surface area contributed by atoms with Crippen LogP contribution < -0.4 is 16.0 Å². The van der Waals surface area contributed by atoms with Gasteiger partial charge >= 0.3 is 0 Å². The molecular weight excluding hydrogens is 240 g/mol. The number of ether oxygens (including phenoxy) is 1. The maximum Gasteiger partial charge on any atom is 0.151 e. The number of methoxy groups -OCH3 is 1. The first kappa shape index (κ1) is 13.5. The van der Waals surface area contributed by atoms with Crippen LogP contribution in [0.25, 0.3) is 0 Å². The highest BCUT2D eigenvalue weighted by Gasteiger charge is 2.21. The number of nitrogens with zero attached hydrogens (tertiary/aromatic N) is 2. The molecule has 0 aliphatic carbocycles. The van der Waals surface area contributed by atoms with Gasteiger partial charge in [0.15, 0.2) is 5.82 Å². The SMILES string of the molecule is COc1cc(C)cc(C)c1C(NN)c1ncccn1. The van der Waals surface area contributed by atoms with E-state index in [9.17, 15) is 0 Å². The average molecular weight is 258 g/mol. The number of hydrogen-bond donors (Lipinski definition) is 2. The van der Waals surface area contributed by atoms with Gasteiger partial charge in [-0.2, -0.15) is 0 Å². The van der Waals surface area contributed by atoms with Crippen LogP contribution in [0.15, 0.2) is 30.6 Å². The largest absolute Gasteiger partial charge is 0.496 e. The summed E-state index contributed by atoms with van der Waals surface area (Å²) in [7, 11) is 1.65. The number of aromatic nitrogens is 2. The Bertz CT molecular complexity index is 557. The second-order valence-corrected chi connectivity index (χ2v) is 4.40. The Morgan fingerprint density at radius 1 is 1.21 bits per heavy atom. The van der Waals surface area contributed by atoms with E-state index >= 15 is 0 Å². The minimum Gasteiger partial charge on any atom is -0.496 e. The van der Waals surface area contributed by atoms with Crippen molar-refractivity contribution >= 4 is 0 Å². The summed E-state index contributed by atoms with van der Waals surface area (Å²) in [6, 6.07) is 5.55. The Kier molecular flexibility index (Phi) is 4.09. The highest BCUT2D eigenvalue weighted by molar-refractivity contribution is 5.46. The molecule has 0 saturated heterocycles. The third kappa shape index (κ3) is 2.72. The van der Waals surface area contributed by atoms with Gasteiger partial charge in [-0.3, -0.25) is 5.84 Å². The van der Waals surface area contributed by atoms with Crippen molar-refractivity contribution in [1.82, 2.24) is 15.4 Å². The van der Waals surface area contributed by atoms with Gasteiger partial charge in [-0.15, -0.1) is 0 Å². The van der Waals surface area contributed by atoms with E-state index in [0.717, 1.165) is 22.4 Å². The highest BCUT2D eigenvalue weighted by Crippen LogP contribution is 2.32. The molecule has 5 heteroatoms. The molecule has 0 aliphatic heterocycles. The maximum absolute atomic E-state index is 5.68. The van der Waals surface area contributed by atoms with Gasteiger partial charge in [0.25, 0.3) is 0 Å². The van der Waals surface area contributed by atoms with Gasteiger partial charge in [0.05, 0.1) is 7.11 Å². The van der Waals surface area contributed by atoms with E-state index in [1.54, 1.807) is 25.6 Å². The number of benzene rings is 1. The monoisotopic (exact) mass is 258 g/mol. The molecule has 0 bridgehead atoms. The van der Waals surface area contributed by atoms with Crippen molar-refractivity contribution in [2.75, 3.05) is 7.11 Å². The van der Waals surface area contributed by atoms with Crippen LogP contribution in [0.1, 0.15) is 28.6 Å². The zero-order chi connectivity index (χ0) is 13.8. The van der Waals surface area contributed by atoms with Gasteiger partial charge in [0.1, 0.15) is 11.8 Å². The van der Waals surface area contributed by atoms with Crippen LogP contribution in [-0.2, 0) is 0 Å². The van der Waals surface area contributed by atoms with Crippen LogP contribution in [-0.4, -0.2) is 17.1 Å². The summed E-state index contributed by atoms with van der Waals surface area (Å²) < 4.78 is 5.46. The molecule has 5 nitrogen and oxygen atoms in total. The molecule has 0 amide bonds. The fourth-order valence-electron chi connectivity index (χ4n) is 2.23. The summed E-state index contributed by atoms with van der Waals surface area (Å²) in [5.41, 5.74) is 5.96. The Morgan fingerprint density at radius 3 is 2.47 bits per heavy atom. The van der Waals surface area contributed by atoms with Gasteiger partial charge < -0.3 is 4.74 Å². The van der Waals surface area contributed by atoms with Gasteiger partial charge in [-0.05, 0) is 37.1 Å². The van der Waals surface area contributed by atoms with Crippen LogP contribution >= 0.6 is 0 Å². The van der Waals surface area contributed by atoms with Crippen molar-refractivity contribution in [3.8, 4) is 5.75 Å². The van der Waals surface area contributed by atoms with Crippen LogP contribution in [0.4, 0.5) is 0 Å². The second-order valence-electron chi connectivity index (χ2n) is 4.40. The van der Waals surface area contributed by atoms with Gasteiger partial charge in [0, 0.05) is 18.0 Å². The summed E-state index contributed by atoms with van der Waals surface area (Å²) in [5.74, 6) is 7.09. The molecule has 0 aliphatic rings. The molecule has 3 N–H and O–H groups in total. The molecule has 1 atom stereocenters. The zero-order valence-corrected chi connectivity index (χ0v) is 11.3. The number of nitrogens with one attached hydrogen (secondary N) is 1. The first-order valence-corrected chi connectivity index (χ1v) is 6.05. The van der Waals surface area contributed by atoms with Crippen LogP contribution in [0.3, 0.4) is 0 Å². The molecule has 19 heavy (non-hydrogen) atoms. The van der Waals surface area contributed by atoms with Crippen LogP contribution in [0.2, 0.25) is 0 Å². The fraction of sp³-hybridized carbons (Fsp3) is 0.286. The predicted octanol–water partition coefficient (Wildman–Crippen LogP) is 1.65. The van der Waals surface area contributed by atoms with E-state index in [1.165, 1.54) is 0 Å². The van der Waals surface area contributed by atoms with E-state index in [2.05, 4.69) is 21.5 Å². The van der Waals surface area contributed by atoms with Crippen molar-refractivity contribution < 1.29 is 4.74 Å². The van der Waals surface area contributed by atoms with E-state index < -0.39 is 0 Å². The minimum atomic E-state index is -0.295. The Labute approximate surface area is 112 Å². The predicted molar refractivity (Wildman–Crippen MR) is 73.7 cm³/mol. The number of nitrogens with two attached hydrogens (primary N) is 1. The molecule has 0 radical (unpaired) electrons. The second kappa shape index (κ2) is 5.77. The van der Waals surface area contributed by atoms with Gasteiger partial charge in [-0.1, -0.05) is 6.07 Å². The van der Waals surface area contributed by atoms with Crippen LogP contribution in [0, 0.1) is 13.8 Å². The van der Waals surface area contributed by atoms with Crippen molar-refractivity contribution in [3.05, 3.63) is 53.1 Å². The van der Waals surface area contributed by atoms with Crippen molar-refractivity contribution in [1.29, 1.82) is 0 Å². The zero-order valence-electron chi connectivity index (χ0n) is 11.3.